The fourth-order valence-electron chi connectivity index (χ4n) is 3.22. The number of urea groups is 1. The average Bonchev–Trinajstić information content (AvgIpc) is 3.16. The van der Waals surface area contributed by atoms with E-state index in [1.807, 2.05) is 36.4 Å². The summed E-state index contributed by atoms with van der Waals surface area (Å²) in [5, 5.41) is 5.96. The Bertz CT molecular complexity index is 624. The molecule has 2 aromatic rings. The average molecular weight is 323 g/mol. The van der Waals surface area contributed by atoms with E-state index in [2.05, 4.69) is 39.8 Å². The largest absolute Gasteiger partial charge is 0.336 e. The van der Waals surface area contributed by atoms with Crippen LogP contribution in [0.3, 0.4) is 0 Å². The van der Waals surface area contributed by atoms with E-state index in [1.165, 1.54) is 18.4 Å². The molecule has 0 aromatic heterocycles. The minimum absolute atomic E-state index is 0.112. The first kappa shape index (κ1) is 16.5. The van der Waals surface area contributed by atoms with Crippen molar-refractivity contribution >= 4 is 6.03 Å². The molecule has 4 nitrogen and oxygen atoms in total. The molecule has 2 amide bonds. The van der Waals surface area contributed by atoms with Gasteiger partial charge in [0.1, 0.15) is 0 Å². The van der Waals surface area contributed by atoms with Gasteiger partial charge in [-0.25, -0.2) is 4.79 Å². The minimum Gasteiger partial charge on any atom is -0.336 e. The van der Waals surface area contributed by atoms with Gasteiger partial charge in [-0.3, -0.25) is 4.90 Å². The maximum absolute atomic E-state index is 12.1. The van der Waals surface area contributed by atoms with E-state index in [0.717, 1.165) is 18.7 Å². The molecule has 2 N–H and O–H groups in total. The Labute approximate surface area is 143 Å². The Morgan fingerprint density at radius 1 is 0.917 bits per heavy atom. The van der Waals surface area contributed by atoms with Gasteiger partial charge < -0.3 is 10.6 Å². The number of nitrogens with one attached hydrogen (secondary N) is 2. The summed E-state index contributed by atoms with van der Waals surface area (Å²) in [6.45, 7) is 3.39. The first-order valence-electron chi connectivity index (χ1n) is 8.67. The summed E-state index contributed by atoms with van der Waals surface area (Å²) in [4.78, 5) is 14.6. The summed E-state index contributed by atoms with van der Waals surface area (Å²) < 4.78 is 0. The van der Waals surface area contributed by atoms with E-state index < -0.39 is 0 Å². The number of benzene rings is 2. The van der Waals surface area contributed by atoms with Gasteiger partial charge >= 0.3 is 6.03 Å². The molecule has 3 rings (SSSR count). The number of carbonyl (C=O) groups is 1. The molecule has 1 unspecified atom stereocenters. The predicted molar refractivity (Wildman–Crippen MR) is 96.7 cm³/mol. The lowest BCUT2D eigenvalue weighted by atomic mass is 10.1. The Balaban J connectivity index is 1.54. The van der Waals surface area contributed by atoms with Crippen LogP contribution < -0.4 is 10.6 Å². The van der Waals surface area contributed by atoms with Crippen molar-refractivity contribution in [2.24, 2.45) is 0 Å². The summed E-state index contributed by atoms with van der Waals surface area (Å²) in [5.74, 6) is 0. The molecule has 0 radical (unpaired) electrons. The third kappa shape index (κ3) is 4.59. The molecule has 1 aliphatic rings. The van der Waals surface area contributed by atoms with Crippen LogP contribution in [0.15, 0.2) is 60.7 Å². The van der Waals surface area contributed by atoms with Crippen LogP contribution in [0.2, 0.25) is 0 Å². The zero-order chi connectivity index (χ0) is 16.6. The molecule has 1 fully saturated rings. The zero-order valence-electron chi connectivity index (χ0n) is 13.9. The minimum atomic E-state index is -0.112. The topological polar surface area (TPSA) is 44.4 Å². The van der Waals surface area contributed by atoms with Crippen molar-refractivity contribution in [1.29, 1.82) is 0 Å². The quantitative estimate of drug-likeness (QED) is 0.856. The van der Waals surface area contributed by atoms with Gasteiger partial charge in [0.2, 0.25) is 0 Å². The van der Waals surface area contributed by atoms with Crippen molar-refractivity contribution in [3.8, 4) is 0 Å². The smallest absolute Gasteiger partial charge is 0.315 e. The van der Waals surface area contributed by atoms with E-state index in [0.29, 0.717) is 13.1 Å². The van der Waals surface area contributed by atoms with Crippen LogP contribution >= 0.6 is 0 Å². The molecule has 126 valence electrons. The zero-order valence-corrected chi connectivity index (χ0v) is 13.9. The Morgan fingerprint density at radius 2 is 1.54 bits per heavy atom. The Hall–Kier alpha value is -2.33. The van der Waals surface area contributed by atoms with Gasteiger partial charge in [-0.2, -0.15) is 0 Å². The highest BCUT2D eigenvalue weighted by Crippen LogP contribution is 2.24. The van der Waals surface area contributed by atoms with Crippen molar-refractivity contribution in [3.63, 3.8) is 0 Å². The molecule has 4 heteroatoms. The first-order chi connectivity index (χ1) is 11.8. The third-order valence-electron chi connectivity index (χ3n) is 4.52. The van der Waals surface area contributed by atoms with Gasteiger partial charge in [-0.05, 0) is 37.1 Å². The van der Waals surface area contributed by atoms with Crippen LogP contribution in [0.1, 0.15) is 30.0 Å². The highest BCUT2D eigenvalue weighted by Gasteiger charge is 2.23. The maximum atomic E-state index is 12.1. The van der Waals surface area contributed by atoms with E-state index in [1.54, 1.807) is 0 Å². The molecule has 0 saturated carbocycles. The van der Waals surface area contributed by atoms with Crippen LogP contribution in [0, 0.1) is 0 Å². The molecule has 2 aromatic carbocycles. The standard InChI is InChI=1S/C20H25N3O/c24-20(21-15-17-9-3-1-4-10-17)22-16-19(23-13-7-8-14-23)18-11-5-2-6-12-18/h1-6,9-12,19H,7-8,13-16H2,(H2,21,22,24). The lowest BCUT2D eigenvalue weighted by Crippen LogP contribution is -2.41. The summed E-state index contributed by atoms with van der Waals surface area (Å²) in [7, 11) is 0. The Morgan fingerprint density at radius 3 is 2.21 bits per heavy atom. The van der Waals surface area contributed by atoms with E-state index in [-0.39, 0.29) is 12.1 Å². The number of likely N-dealkylation sites (tertiary alicyclic amines) is 1. The molecule has 1 saturated heterocycles. The highest BCUT2D eigenvalue weighted by molar-refractivity contribution is 5.73. The highest BCUT2D eigenvalue weighted by atomic mass is 16.2. The first-order valence-corrected chi connectivity index (χ1v) is 8.67. The van der Waals surface area contributed by atoms with Gasteiger partial charge in [0.05, 0.1) is 6.04 Å². The summed E-state index contributed by atoms with van der Waals surface area (Å²) in [6, 6.07) is 20.5. The third-order valence-corrected chi connectivity index (χ3v) is 4.52. The van der Waals surface area contributed by atoms with E-state index in [9.17, 15) is 4.79 Å². The Kier molecular flexibility index (Phi) is 5.85. The second kappa shape index (κ2) is 8.50. The van der Waals surface area contributed by atoms with Crippen LogP contribution in [0.5, 0.6) is 0 Å². The molecule has 0 aliphatic carbocycles. The summed E-state index contributed by atoms with van der Waals surface area (Å²) in [6.07, 6.45) is 2.48. The van der Waals surface area contributed by atoms with Gasteiger partial charge in [0.25, 0.3) is 0 Å². The summed E-state index contributed by atoms with van der Waals surface area (Å²) in [5.41, 5.74) is 2.37. The predicted octanol–water partition coefficient (Wildman–Crippen LogP) is 3.32. The van der Waals surface area contributed by atoms with Crippen LogP contribution in [-0.2, 0) is 6.54 Å². The monoisotopic (exact) mass is 323 g/mol. The molecule has 0 spiro atoms. The van der Waals surface area contributed by atoms with Gasteiger partial charge in [0, 0.05) is 13.1 Å². The maximum Gasteiger partial charge on any atom is 0.315 e. The van der Waals surface area contributed by atoms with Crippen molar-refractivity contribution in [3.05, 3.63) is 71.8 Å². The molecule has 1 heterocycles. The van der Waals surface area contributed by atoms with Gasteiger partial charge in [-0.1, -0.05) is 60.7 Å². The second-order valence-corrected chi connectivity index (χ2v) is 6.22. The summed E-state index contributed by atoms with van der Waals surface area (Å²) >= 11 is 0. The van der Waals surface area contributed by atoms with Crippen molar-refractivity contribution in [2.75, 3.05) is 19.6 Å². The number of hydrogen-bond acceptors (Lipinski definition) is 2. The van der Waals surface area contributed by atoms with Crippen LogP contribution in [-0.4, -0.2) is 30.6 Å². The van der Waals surface area contributed by atoms with Gasteiger partial charge in [0.15, 0.2) is 0 Å². The molecule has 0 bridgehead atoms. The van der Waals surface area contributed by atoms with Crippen LogP contribution in [0.25, 0.3) is 0 Å². The van der Waals surface area contributed by atoms with E-state index in [4.69, 9.17) is 0 Å². The molecule has 1 aliphatic heterocycles. The lowest BCUT2D eigenvalue weighted by Gasteiger charge is -2.28. The molecular formula is C20H25N3O. The van der Waals surface area contributed by atoms with E-state index >= 15 is 0 Å². The van der Waals surface area contributed by atoms with Crippen molar-refractivity contribution < 1.29 is 4.79 Å². The number of carbonyl (C=O) groups excluding carboxylic acids is 1. The molecular weight excluding hydrogens is 298 g/mol. The fourth-order valence-corrected chi connectivity index (χ4v) is 3.22. The normalized spacial score (nSPS) is 15.8. The lowest BCUT2D eigenvalue weighted by molar-refractivity contribution is 0.220. The number of nitrogens with zero attached hydrogens (tertiary/aromatic N) is 1. The number of rotatable bonds is 6. The SMILES string of the molecule is O=C(NCc1ccccc1)NCC(c1ccccc1)N1CCCC1. The van der Waals surface area contributed by atoms with Crippen molar-refractivity contribution in [1.82, 2.24) is 15.5 Å². The number of amides is 2. The van der Waals surface area contributed by atoms with Gasteiger partial charge in [-0.15, -0.1) is 0 Å². The van der Waals surface area contributed by atoms with Crippen molar-refractivity contribution in [2.45, 2.75) is 25.4 Å². The van der Waals surface area contributed by atoms with Crippen LogP contribution in [0.4, 0.5) is 4.79 Å². The molecule has 24 heavy (non-hydrogen) atoms. The number of hydrogen-bond donors (Lipinski definition) is 2. The fraction of sp³-hybridized carbons (Fsp3) is 0.350. The molecule has 1 atom stereocenters. The second-order valence-electron chi connectivity index (χ2n) is 6.22.